The zero-order chi connectivity index (χ0) is 21.1. The van der Waals surface area contributed by atoms with E-state index in [4.69, 9.17) is 21.1 Å². The van der Waals surface area contributed by atoms with E-state index >= 15 is 0 Å². The van der Waals surface area contributed by atoms with Crippen LogP contribution in [0.4, 0.5) is 0 Å². The minimum Gasteiger partial charge on any atom is -0.478 e. The lowest BCUT2D eigenvalue weighted by Crippen LogP contribution is -2.29. The molecular weight excluding hydrogens is 388 g/mol. The normalized spacial score (nSPS) is 11.3. The number of furan rings is 1. The number of hydrogen-bond acceptors (Lipinski definition) is 4. The van der Waals surface area contributed by atoms with Gasteiger partial charge in [0.15, 0.2) is 0 Å². The van der Waals surface area contributed by atoms with Crippen molar-refractivity contribution in [1.29, 1.82) is 0 Å². The van der Waals surface area contributed by atoms with Crippen LogP contribution in [-0.2, 0) is 6.54 Å². The molecule has 1 aromatic carbocycles. The van der Waals surface area contributed by atoms with Gasteiger partial charge < -0.3 is 19.7 Å². The highest BCUT2D eigenvalue weighted by Gasteiger charge is 2.12. The second-order valence-electron chi connectivity index (χ2n) is 7.34. The molecule has 0 atom stereocenters. The lowest BCUT2D eigenvalue weighted by atomic mass is 10.1. The molecule has 0 amide bonds. The third-order valence-electron chi connectivity index (χ3n) is 4.92. The molecule has 0 bridgehead atoms. The molecule has 0 fully saturated rings. The van der Waals surface area contributed by atoms with Crippen molar-refractivity contribution in [2.75, 3.05) is 26.2 Å². The molecule has 0 aliphatic rings. The molecule has 0 unspecified atom stereocenters. The Morgan fingerprint density at radius 3 is 2.41 bits per heavy atom. The molecule has 2 N–H and O–H groups in total. The average molecular weight is 421 g/mol. The summed E-state index contributed by atoms with van der Waals surface area (Å²) in [5, 5.41) is 13.1. The summed E-state index contributed by atoms with van der Waals surface area (Å²) in [5.74, 6) is 0.411. The van der Waals surface area contributed by atoms with Gasteiger partial charge in [-0.25, -0.2) is 4.79 Å². The van der Waals surface area contributed by atoms with Crippen LogP contribution < -0.4 is 5.32 Å². The number of hydrogen-bond donors (Lipinski definition) is 2. The summed E-state index contributed by atoms with van der Waals surface area (Å²) >= 11 is 6.22. The molecule has 0 saturated carbocycles. The van der Waals surface area contributed by atoms with Gasteiger partial charge in [-0.3, -0.25) is 0 Å². The molecular formula is C23H33ClN2O3. The van der Waals surface area contributed by atoms with E-state index in [1.165, 1.54) is 44.8 Å². The van der Waals surface area contributed by atoms with Gasteiger partial charge in [0.1, 0.15) is 11.5 Å². The van der Waals surface area contributed by atoms with Gasteiger partial charge in [0.2, 0.25) is 0 Å². The molecule has 2 aromatic rings. The quantitative estimate of drug-likeness (QED) is 0.385. The fraction of sp³-hybridized carbons (Fsp3) is 0.522. The molecule has 0 saturated heterocycles. The van der Waals surface area contributed by atoms with Crippen LogP contribution >= 0.6 is 11.6 Å². The van der Waals surface area contributed by atoms with E-state index in [1.807, 2.05) is 12.1 Å². The summed E-state index contributed by atoms with van der Waals surface area (Å²) in [6.07, 6.45) is 6.10. The van der Waals surface area contributed by atoms with Gasteiger partial charge in [-0.1, -0.05) is 38.3 Å². The first-order chi connectivity index (χ1) is 14.0. The van der Waals surface area contributed by atoms with Crippen molar-refractivity contribution in [1.82, 2.24) is 10.2 Å². The van der Waals surface area contributed by atoms with Crippen LogP contribution in [0.15, 0.2) is 34.7 Å². The zero-order valence-corrected chi connectivity index (χ0v) is 18.3. The molecule has 0 aliphatic heterocycles. The summed E-state index contributed by atoms with van der Waals surface area (Å²) in [6, 6.07) is 8.36. The second kappa shape index (κ2) is 12.7. The largest absolute Gasteiger partial charge is 0.478 e. The summed E-state index contributed by atoms with van der Waals surface area (Å²) < 4.78 is 5.87. The number of nitrogens with zero attached hydrogens (tertiary/aromatic N) is 1. The Hall–Kier alpha value is -1.82. The van der Waals surface area contributed by atoms with E-state index < -0.39 is 5.97 Å². The van der Waals surface area contributed by atoms with E-state index in [1.54, 1.807) is 12.1 Å². The molecule has 0 radical (unpaired) electrons. The first kappa shape index (κ1) is 23.5. The monoisotopic (exact) mass is 420 g/mol. The Bertz CT molecular complexity index is 752. The van der Waals surface area contributed by atoms with Gasteiger partial charge in [0.05, 0.1) is 17.1 Å². The highest BCUT2D eigenvalue weighted by atomic mass is 35.5. The second-order valence-corrected chi connectivity index (χ2v) is 7.75. The average Bonchev–Trinajstić information content (AvgIpc) is 3.18. The molecule has 29 heavy (non-hydrogen) atoms. The van der Waals surface area contributed by atoms with Crippen molar-refractivity contribution in [3.05, 3.63) is 46.7 Å². The van der Waals surface area contributed by atoms with E-state index in [-0.39, 0.29) is 5.56 Å². The van der Waals surface area contributed by atoms with E-state index in [0.717, 1.165) is 25.3 Å². The van der Waals surface area contributed by atoms with Gasteiger partial charge in [0, 0.05) is 5.56 Å². The molecule has 1 heterocycles. The predicted octanol–water partition coefficient (Wildman–Crippen LogP) is 5.68. The zero-order valence-electron chi connectivity index (χ0n) is 17.5. The molecule has 1 aromatic heterocycles. The Labute approximate surface area is 179 Å². The lowest BCUT2D eigenvalue weighted by Gasteiger charge is -2.21. The first-order valence-electron chi connectivity index (χ1n) is 10.6. The van der Waals surface area contributed by atoms with Crippen LogP contribution in [0.25, 0.3) is 11.3 Å². The maximum atomic E-state index is 11.2. The number of carbonyl (C=O) groups is 1. The Kier molecular flexibility index (Phi) is 10.3. The van der Waals surface area contributed by atoms with E-state index in [0.29, 0.717) is 22.9 Å². The van der Waals surface area contributed by atoms with Crippen molar-refractivity contribution in [3.63, 3.8) is 0 Å². The van der Waals surface area contributed by atoms with Gasteiger partial charge in [-0.2, -0.15) is 0 Å². The number of nitrogens with one attached hydrogen (secondary N) is 1. The Morgan fingerprint density at radius 2 is 1.76 bits per heavy atom. The summed E-state index contributed by atoms with van der Waals surface area (Å²) in [5.41, 5.74) is 0.788. The van der Waals surface area contributed by atoms with Crippen molar-refractivity contribution >= 4 is 17.6 Å². The van der Waals surface area contributed by atoms with Crippen LogP contribution in [0, 0.1) is 0 Å². The lowest BCUT2D eigenvalue weighted by molar-refractivity contribution is 0.0697. The van der Waals surface area contributed by atoms with Crippen molar-refractivity contribution in [2.45, 2.75) is 52.5 Å². The fourth-order valence-electron chi connectivity index (χ4n) is 3.20. The number of unbranched alkanes of at least 4 members (excludes halogenated alkanes) is 2. The number of rotatable bonds is 14. The third kappa shape index (κ3) is 7.84. The van der Waals surface area contributed by atoms with Crippen molar-refractivity contribution in [2.24, 2.45) is 0 Å². The molecule has 5 nitrogen and oxygen atoms in total. The number of carboxylic acids is 1. The van der Waals surface area contributed by atoms with Crippen molar-refractivity contribution in [3.8, 4) is 11.3 Å². The molecule has 0 aliphatic carbocycles. The standard InChI is InChI=1S/C23H33ClN2O3/c1-3-5-13-26(14-6-4-2)15-7-12-25-17-19-9-11-22(29-19)20-16-18(23(27)28)8-10-21(20)24/h8-11,16,25H,3-7,12-15,17H2,1-2H3,(H,27,28). The number of halogens is 1. The van der Waals surface area contributed by atoms with Crippen LogP contribution in [0.2, 0.25) is 5.02 Å². The summed E-state index contributed by atoms with van der Waals surface area (Å²) in [6.45, 7) is 9.54. The van der Waals surface area contributed by atoms with Gasteiger partial charge >= 0.3 is 5.97 Å². The molecule has 6 heteroatoms. The van der Waals surface area contributed by atoms with E-state index in [2.05, 4.69) is 24.1 Å². The Balaban J connectivity index is 1.81. The minimum atomic E-state index is -0.983. The Morgan fingerprint density at radius 1 is 1.07 bits per heavy atom. The number of carboxylic acid groups (broad SMARTS) is 1. The number of benzene rings is 1. The highest BCUT2D eigenvalue weighted by Crippen LogP contribution is 2.30. The van der Waals surface area contributed by atoms with Gasteiger partial charge in [-0.05, 0) is 75.8 Å². The molecule has 160 valence electrons. The third-order valence-corrected chi connectivity index (χ3v) is 5.25. The first-order valence-corrected chi connectivity index (χ1v) is 11.0. The smallest absolute Gasteiger partial charge is 0.335 e. The van der Waals surface area contributed by atoms with Gasteiger partial charge in [0.25, 0.3) is 0 Å². The molecule has 2 rings (SSSR count). The topological polar surface area (TPSA) is 65.7 Å². The van der Waals surface area contributed by atoms with Crippen LogP contribution in [0.3, 0.4) is 0 Å². The summed E-state index contributed by atoms with van der Waals surface area (Å²) in [7, 11) is 0. The number of aromatic carboxylic acids is 1. The van der Waals surface area contributed by atoms with Crippen LogP contribution in [0.1, 0.15) is 62.1 Å². The maximum Gasteiger partial charge on any atom is 0.335 e. The van der Waals surface area contributed by atoms with Gasteiger partial charge in [-0.15, -0.1) is 0 Å². The summed E-state index contributed by atoms with van der Waals surface area (Å²) in [4.78, 5) is 13.7. The predicted molar refractivity (Wildman–Crippen MR) is 119 cm³/mol. The minimum absolute atomic E-state index is 0.191. The SMILES string of the molecule is CCCCN(CCCC)CCCNCc1ccc(-c2cc(C(=O)O)ccc2Cl)o1. The van der Waals surface area contributed by atoms with Crippen molar-refractivity contribution < 1.29 is 14.3 Å². The fourth-order valence-corrected chi connectivity index (χ4v) is 3.41. The van der Waals surface area contributed by atoms with Crippen LogP contribution in [0.5, 0.6) is 0 Å². The maximum absolute atomic E-state index is 11.2. The van der Waals surface area contributed by atoms with Crippen LogP contribution in [-0.4, -0.2) is 42.2 Å². The molecule has 0 spiro atoms. The highest BCUT2D eigenvalue weighted by molar-refractivity contribution is 6.33. The van der Waals surface area contributed by atoms with E-state index in [9.17, 15) is 4.79 Å².